The summed E-state index contributed by atoms with van der Waals surface area (Å²) in [4.78, 5) is 23.4. The smallest absolute Gasteiger partial charge is 0.394 e. The molecule has 0 unspecified atom stereocenters. The fourth-order valence-electron chi connectivity index (χ4n) is 5.12. The predicted molar refractivity (Wildman–Crippen MR) is 159 cm³/mol. The van der Waals surface area contributed by atoms with Gasteiger partial charge in [0.1, 0.15) is 0 Å². The van der Waals surface area contributed by atoms with Crippen molar-refractivity contribution in [1.29, 1.82) is 0 Å². The topological polar surface area (TPSA) is 122 Å². The summed E-state index contributed by atoms with van der Waals surface area (Å²) in [5, 5.41) is 12.6. The van der Waals surface area contributed by atoms with Gasteiger partial charge in [0.05, 0.1) is 47.1 Å². The molecule has 1 aliphatic rings. The first kappa shape index (κ1) is 35.2. The number of aliphatic hydroxyl groups is 1. The molecular weight excluding hydrogens is 635 g/mol. The second-order valence-corrected chi connectivity index (χ2v) is 13.2. The fraction of sp³-hybridized carbons (Fsp3) is 0.452. The van der Waals surface area contributed by atoms with Crippen LogP contribution < -0.4 is 10.2 Å². The van der Waals surface area contributed by atoms with Crippen molar-refractivity contribution in [3.63, 3.8) is 0 Å². The molecule has 0 bridgehead atoms. The van der Waals surface area contributed by atoms with Crippen LogP contribution in [0.2, 0.25) is 0 Å². The number of nitrogens with one attached hydrogen (secondary N) is 1. The molecule has 0 radical (unpaired) electrons. The molecular formula is C31H35F5N4O5S. The molecule has 46 heavy (non-hydrogen) atoms. The van der Waals surface area contributed by atoms with Crippen LogP contribution in [0.4, 0.5) is 27.9 Å². The van der Waals surface area contributed by atoms with Gasteiger partial charge in [-0.05, 0) is 48.2 Å². The van der Waals surface area contributed by atoms with Crippen molar-refractivity contribution in [3.8, 4) is 0 Å². The molecule has 15 heteroatoms. The quantitative estimate of drug-likeness (QED) is 0.242. The van der Waals surface area contributed by atoms with Crippen LogP contribution in [-0.2, 0) is 20.8 Å². The highest BCUT2D eigenvalue weighted by Crippen LogP contribution is 2.35. The first-order valence-corrected chi connectivity index (χ1v) is 16.3. The predicted octanol–water partition coefficient (Wildman–Crippen LogP) is 5.52. The number of hydrogen-bond donors (Lipinski definition) is 2. The summed E-state index contributed by atoms with van der Waals surface area (Å²) < 4.78 is 96.2. The maximum atomic E-state index is 13.9. The molecule has 4 rings (SSSR count). The highest BCUT2D eigenvalue weighted by Gasteiger charge is 2.36. The number of sulfone groups is 1. The Kier molecular flexibility index (Phi) is 11.0. The van der Waals surface area contributed by atoms with E-state index in [1.165, 1.54) is 62.6 Å². The summed E-state index contributed by atoms with van der Waals surface area (Å²) >= 11 is 0. The number of anilines is 1. The van der Waals surface area contributed by atoms with Gasteiger partial charge >= 0.3 is 12.3 Å². The minimum absolute atomic E-state index is 0.0361. The van der Waals surface area contributed by atoms with Crippen LogP contribution in [0.15, 0.2) is 65.8 Å². The van der Waals surface area contributed by atoms with Gasteiger partial charge in [0.2, 0.25) is 5.95 Å². The number of hydrogen-bond acceptors (Lipinski definition) is 8. The van der Waals surface area contributed by atoms with Crippen molar-refractivity contribution in [2.24, 2.45) is 0 Å². The Bertz CT molecular complexity index is 1570. The molecule has 1 aromatic heterocycles. The Balaban J connectivity index is 1.51. The zero-order chi connectivity index (χ0) is 33.7. The van der Waals surface area contributed by atoms with Gasteiger partial charge in [0.15, 0.2) is 9.84 Å². The van der Waals surface area contributed by atoms with Crippen molar-refractivity contribution in [2.75, 3.05) is 30.4 Å². The summed E-state index contributed by atoms with van der Waals surface area (Å²) in [6, 6.07) is 9.16. The standard InChI is InChI=1S/C31H35F5N4O5S/c1-3-30(32,33)45-19-25-12-7-22(20-5-10-24(11-6-20)31(34,35)36)17-40(25)29-37-15-23(16-38-29)28(42)39-27(18-41)21-8-13-26(14-9-21)46(43,44)4-2/h5-6,8-11,13-16,22,25,27,41H,3-4,7,12,17-19H2,1-2H3,(H,39,42)/t22-,25-,27+/m1/s1. The normalized spacial score (nSPS) is 18.3. The lowest BCUT2D eigenvalue weighted by Crippen LogP contribution is -2.47. The Hall–Kier alpha value is -3.69. The molecule has 9 nitrogen and oxygen atoms in total. The van der Waals surface area contributed by atoms with Crippen LogP contribution in [0.3, 0.4) is 0 Å². The highest BCUT2D eigenvalue weighted by atomic mass is 32.2. The summed E-state index contributed by atoms with van der Waals surface area (Å²) in [6.07, 6.45) is -4.99. The maximum absolute atomic E-state index is 13.9. The van der Waals surface area contributed by atoms with Crippen LogP contribution in [-0.4, -0.2) is 67.1 Å². The average Bonchev–Trinajstić information content (AvgIpc) is 3.06. The summed E-state index contributed by atoms with van der Waals surface area (Å²) in [5.74, 6) is -0.831. The third-order valence-corrected chi connectivity index (χ3v) is 9.73. The molecule has 1 fully saturated rings. The molecule has 3 atom stereocenters. The fourth-order valence-corrected chi connectivity index (χ4v) is 6.00. The molecule has 0 aliphatic carbocycles. The van der Waals surface area contributed by atoms with Crippen LogP contribution in [0.5, 0.6) is 0 Å². The molecule has 1 amide bonds. The monoisotopic (exact) mass is 670 g/mol. The molecule has 0 spiro atoms. The van der Waals surface area contributed by atoms with Crippen molar-refractivity contribution in [1.82, 2.24) is 15.3 Å². The number of nitrogens with zero attached hydrogens (tertiary/aromatic N) is 3. The number of halogens is 5. The van der Waals surface area contributed by atoms with E-state index in [-0.39, 0.29) is 41.2 Å². The first-order chi connectivity index (χ1) is 21.7. The van der Waals surface area contributed by atoms with E-state index in [1.54, 1.807) is 4.90 Å². The largest absolute Gasteiger partial charge is 0.416 e. The van der Waals surface area contributed by atoms with Crippen LogP contribution in [0.1, 0.15) is 72.1 Å². The second-order valence-electron chi connectivity index (χ2n) is 11.0. The number of carbonyl (C=O) groups is 1. The van der Waals surface area contributed by atoms with Gasteiger partial charge in [-0.1, -0.05) is 38.1 Å². The zero-order valence-corrected chi connectivity index (χ0v) is 26.0. The lowest BCUT2D eigenvalue weighted by atomic mass is 9.87. The van der Waals surface area contributed by atoms with Crippen LogP contribution >= 0.6 is 0 Å². The molecule has 0 saturated carbocycles. The number of carbonyl (C=O) groups excluding carboxylic acids is 1. The number of benzene rings is 2. The van der Waals surface area contributed by atoms with Gasteiger partial charge in [-0.15, -0.1) is 0 Å². The molecule has 2 heterocycles. The van der Waals surface area contributed by atoms with Crippen molar-refractivity contribution >= 4 is 21.7 Å². The number of aromatic nitrogens is 2. The third kappa shape index (κ3) is 8.56. The van der Waals surface area contributed by atoms with E-state index in [1.807, 2.05) is 0 Å². The molecule has 2 aromatic carbocycles. The molecule has 2 N–H and O–H groups in total. The Morgan fingerprint density at radius 2 is 1.65 bits per heavy atom. The van der Waals surface area contributed by atoms with Crippen molar-refractivity contribution in [3.05, 3.63) is 83.2 Å². The number of alkyl halides is 5. The minimum Gasteiger partial charge on any atom is -0.394 e. The van der Waals surface area contributed by atoms with E-state index in [2.05, 4.69) is 15.3 Å². The van der Waals surface area contributed by atoms with Gasteiger partial charge < -0.3 is 20.1 Å². The van der Waals surface area contributed by atoms with E-state index in [9.17, 15) is 40.3 Å². The van der Waals surface area contributed by atoms with E-state index < -0.39 is 58.7 Å². The van der Waals surface area contributed by atoms with Gasteiger partial charge in [-0.3, -0.25) is 4.79 Å². The van der Waals surface area contributed by atoms with E-state index in [0.29, 0.717) is 24.0 Å². The van der Waals surface area contributed by atoms with Gasteiger partial charge in [0, 0.05) is 31.3 Å². The van der Waals surface area contributed by atoms with Gasteiger partial charge in [0.25, 0.3) is 5.91 Å². The highest BCUT2D eigenvalue weighted by molar-refractivity contribution is 7.91. The summed E-state index contributed by atoms with van der Waals surface area (Å²) in [7, 11) is -3.43. The van der Waals surface area contributed by atoms with E-state index in [4.69, 9.17) is 4.74 Å². The first-order valence-electron chi connectivity index (χ1n) is 14.7. The number of amides is 1. The average molecular weight is 671 g/mol. The van der Waals surface area contributed by atoms with Crippen molar-refractivity contribution < 1.29 is 45.0 Å². The summed E-state index contributed by atoms with van der Waals surface area (Å²) in [5.41, 5.74) is 0.369. The van der Waals surface area contributed by atoms with Gasteiger partial charge in [-0.25, -0.2) is 18.4 Å². The summed E-state index contributed by atoms with van der Waals surface area (Å²) in [6.45, 7) is 2.20. The number of piperidine rings is 1. The third-order valence-electron chi connectivity index (χ3n) is 7.98. The molecule has 1 aliphatic heterocycles. The Labute approximate surface area is 263 Å². The van der Waals surface area contributed by atoms with Crippen LogP contribution in [0, 0.1) is 0 Å². The minimum atomic E-state index is -4.48. The molecule has 250 valence electrons. The van der Waals surface area contributed by atoms with Crippen molar-refractivity contribution in [2.45, 2.75) is 68.3 Å². The lowest BCUT2D eigenvalue weighted by molar-refractivity contribution is -0.242. The van der Waals surface area contributed by atoms with E-state index >= 15 is 0 Å². The number of rotatable bonds is 12. The molecule has 1 saturated heterocycles. The SMILES string of the molecule is CCC(F)(F)OC[C@H]1CC[C@@H](c2ccc(C(F)(F)F)cc2)CN1c1ncc(C(=O)N[C@@H](CO)c2ccc(S(=O)(=O)CC)cc2)cn1. The second kappa shape index (κ2) is 14.4. The Morgan fingerprint density at radius 3 is 2.20 bits per heavy atom. The Morgan fingerprint density at radius 1 is 1.02 bits per heavy atom. The van der Waals surface area contributed by atoms with Gasteiger partial charge in [-0.2, -0.15) is 22.0 Å². The number of aliphatic hydroxyl groups excluding tert-OH is 1. The zero-order valence-electron chi connectivity index (χ0n) is 25.2. The van der Waals surface area contributed by atoms with E-state index in [0.717, 1.165) is 12.1 Å². The lowest BCUT2D eigenvalue weighted by Gasteiger charge is -2.40. The number of ether oxygens (including phenoxy) is 1. The molecule has 3 aromatic rings. The van der Waals surface area contributed by atoms with Crippen LogP contribution in [0.25, 0.3) is 0 Å². The maximum Gasteiger partial charge on any atom is 0.416 e.